The third-order valence-electron chi connectivity index (χ3n) is 7.58. The van der Waals surface area contributed by atoms with Crippen LogP contribution in [0.25, 0.3) is 11.0 Å². The van der Waals surface area contributed by atoms with Gasteiger partial charge in [-0.25, -0.2) is 0 Å². The number of aliphatic hydroxyl groups is 1. The zero-order valence-electron chi connectivity index (χ0n) is 21.4. The van der Waals surface area contributed by atoms with E-state index in [0.29, 0.717) is 28.5 Å². The molecule has 1 aliphatic rings. The molecule has 3 aromatic carbocycles. The van der Waals surface area contributed by atoms with Crippen LogP contribution in [0.5, 0.6) is 0 Å². The normalized spacial score (nSPS) is 16.6. The summed E-state index contributed by atoms with van der Waals surface area (Å²) in [7, 11) is 0. The lowest BCUT2D eigenvalue weighted by atomic mass is 9.87. The highest BCUT2D eigenvalue weighted by molar-refractivity contribution is 6.31. The fourth-order valence-electron chi connectivity index (χ4n) is 5.49. The van der Waals surface area contributed by atoms with Gasteiger partial charge in [-0.15, -0.1) is 0 Å². The number of carbonyl (C=O) groups excluding carboxylic acids is 1. The summed E-state index contributed by atoms with van der Waals surface area (Å²) in [5.74, 6) is 0.397. The third-order valence-corrected chi connectivity index (χ3v) is 7.91. The van der Waals surface area contributed by atoms with Crippen molar-refractivity contribution >= 4 is 28.5 Å². The van der Waals surface area contributed by atoms with Crippen molar-refractivity contribution in [3.05, 3.63) is 136 Å². The van der Waals surface area contributed by atoms with Crippen molar-refractivity contribution in [2.45, 2.75) is 31.4 Å². The smallest absolute Gasteiger partial charge is 0.227 e. The quantitative estimate of drug-likeness (QED) is 0.226. The maximum atomic E-state index is 13.8. The Morgan fingerprint density at radius 3 is 2.59 bits per heavy atom. The van der Waals surface area contributed by atoms with Crippen LogP contribution in [0.3, 0.4) is 0 Å². The van der Waals surface area contributed by atoms with E-state index >= 15 is 0 Å². The van der Waals surface area contributed by atoms with Crippen molar-refractivity contribution in [2.75, 3.05) is 6.54 Å². The molecule has 3 heterocycles. The van der Waals surface area contributed by atoms with Crippen LogP contribution in [0.4, 0.5) is 0 Å². The van der Waals surface area contributed by atoms with Gasteiger partial charge in [0.15, 0.2) is 0 Å². The minimum absolute atomic E-state index is 0.0195. The molecule has 5 aromatic rings. The number of pyridine rings is 1. The first kappa shape index (κ1) is 25.2. The Hall–Kier alpha value is -4.13. The van der Waals surface area contributed by atoms with Crippen molar-refractivity contribution in [1.29, 1.82) is 0 Å². The predicted octanol–water partition coefficient (Wildman–Crippen LogP) is 5.58. The molecule has 0 aliphatic carbocycles. The van der Waals surface area contributed by atoms with Crippen LogP contribution in [-0.2, 0) is 23.2 Å². The van der Waals surface area contributed by atoms with Gasteiger partial charge >= 0.3 is 0 Å². The number of fused-ring (bicyclic) bond motifs is 2. The molecule has 0 saturated carbocycles. The average molecular weight is 540 g/mol. The molecule has 2 unspecified atom stereocenters. The molecule has 2 atom stereocenters. The average Bonchev–Trinajstić information content (AvgIpc) is 3.38. The highest BCUT2D eigenvalue weighted by Gasteiger charge is 2.34. The second kappa shape index (κ2) is 9.88. The molecule has 0 fully saturated rings. The number of benzene rings is 3. The second-order valence-electron chi connectivity index (χ2n) is 10.2. The van der Waals surface area contributed by atoms with E-state index in [1.165, 1.54) is 18.0 Å². The number of halogens is 1. The Balaban J connectivity index is 1.29. The van der Waals surface area contributed by atoms with Gasteiger partial charge in [-0.2, -0.15) is 0 Å². The number of aromatic nitrogens is 1. The van der Waals surface area contributed by atoms with Gasteiger partial charge in [0.25, 0.3) is 0 Å². The Bertz CT molecular complexity index is 1660. The molecule has 6 nitrogen and oxygen atoms in total. The van der Waals surface area contributed by atoms with Gasteiger partial charge in [0.05, 0.1) is 12.5 Å². The van der Waals surface area contributed by atoms with Crippen LogP contribution in [-0.4, -0.2) is 27.7 Å². The number of amides is 1. The highest BCUT2D eigenvalue weighted by atomic mass is 35.5. The van der Waals surface area contributed by atoms with E-state index in [4.69, 9.17) is 16.0 Å². The lowest BCUT2D eigenvalue weighted by Crippen LogP contribution is -2.41. The van der Waals surface area contributed by atoms with E-state index in [1.54, 1.807) is 25.1 Å². The molecule has 0 saturated heterocycles. The molecule has 39 heavy (non-hydrogen) atoms. The maximum Gasteiger partial charge on any atom is 0.227 e. The summed E-state index contributed by atoms with van der Waals surface area (Å²) in [6.07, 6.45) is 3.88. The topological polar surface area (TPSA) is 77.8 Å². The molecule has 1 aliphatic heterocycles. The van der Waals surface area contributed by atoms with Crippen LogP contribution >= 0.6 is 11.6 Å². The summed E-state index contributed by atoms with van der Waals surface area (Å²) in [6.45, 7) is 2.26. The zero-order chi connectivity index (χ0) is 27.1. The minimum atomic E-state index is -1.40. The zero-order valence-corrected chi connectivity index (χ0v) is 22.2. The molecule has 196 valence electrons. The first-order valence-corrected chi connectivity index (χ1v) is 13.3. The molecule has 0 spiro atoms. The van der Waals surface area contributed by atoms with Crippen molar-refractivity contribution < 1.29 is 24.3 Å². The molecular formula is C32H28ClN2O4+. The highest BCUT2D eigenvalue weighted by Crippen LogP contribution is 2.40. The van der Waals surface area contributed by atoms with Gasteiger partial charge in [-0.1, -0.05) is 60.1 Å². The van der Waals surface area contributed by atoms with Gasteiger partial charge < -0.3 is 14.4 Å². The van der Waals surface area contributed by atoms with Gasteiger partial charge in [0.1, 0.15) is 16.9 Å². The Morgan fingerprint density at radius 1 is 1.05 bits per heavy atom. The van der Waals surface area contributed by atoms with Gasteiger partial charge in [-0.3, -0.25) is 10.0 Å². The summed E-state index contributed by atoms with van der Waals surface area (Å²) in [5, 5.41) is 22.2. The van der Waals surface area contributed by atoms with Crippen LogP contribution < -0.4 is 4.73 Å². The van der Waals surface area contributed by atoms with Gasteiger partial charge in [0, 0.05) is 44.9 Å². The summed E-state index contributed by atoms with van der Waals surface area (Å²) < 4.78 is 6.91. The lowest BCUT2D eigenvalue weighted by molar-refractivity contribution is -0.904. The number of hydrogen-bond acceptors (Lipinski definition) is 4. The minimum Gasteiger partial charge on any atom is -0.458 e. The fourth-order valence-corrected chi connectivity index (χ4v) is 5.78. The molecular weight excluding hydrogens is 512 g/mol. The van der Waals surface area contributed by atoms with Crippen LogP contribution in [0.15, 0.2) is 102 Å². The third kappa shape index (κ3) is 4.67. The molecule has 2 N–H and O–H groups in total. The number of hydrogen-bond donors (Lipinski definition) is 2. The molecule has 1 amide bonds. The summed E-state index contributed by atoms with van der Waals surface area (Å²) >= 11 is 6.69. The van der Waals surface area contributed by atoms with Crippen LogP contribution in [0, 0.1) is 0 Å². The molecule has 2 aromatic heterocycles. The molecule has 0 radical (unpaired) electrons. The van der Waals surface area contributed by atoms with Crippen LogP contribution in [0.1, 0.15) is 46.5 Å². The standard InChI is InChI=1S/C32H28ClN2O4/c1-32(37,25-13-15-34(38)16-14-25)28-20-24-18-21(10-11-27(24)39-28)19-29(36)35-17-12-22-8-5-9-26(33)30(22)31(35)23-6-3-2-4-7-23/h2-11,13-16,18,20,31,37-38H,12,17,19H2,1H3/q+1. The summed E-state index contributed by atoms with van der Waals surface area (Å²) in [4.78, 5) is 15.7. The molecule has 0 bridgehead atoms. The van der Waals surface area contributed by atoms with E-state index in [1.807, 2.05) is 65.6 Å². The summed E-state index contributed by atoms with van der Waals surface area (Å²) in [6, 6.07) is 26.4. The molecule has 7 heteroatoms. The first-order chi connectivity index (χ1) is 18.8. The van der Waals surface area contributed by atoms with Crippen molar-refractivity contribution in [2.24, 2.45) is 0 Å². The molecule has 6 rings (SSSR count). The van der Waals surface area contributed by atoms with Crippen molar-refractivity contribution in [3.63, 3.8) is 0 Å². The first-order valence-electron chi connectivity index (χ1n) is 12.9. The Morgan fingerprint density at radius 2 is 1.82 bits per heavy atom. The Labute approximate surface area is 231 Å². The van der Waals surface area contributed by atoms with Gasteiger partial charge in [0.2, 0.25) is 18.3 Å². The Kier molecular flexibility index (Phi) is 6.37. The fraction of sp³-hybridized carbons (Fsp3) is 0.188. The number of carbonyl (C=O) groups is 1. The van der Waals surface area contributed by atoms with E-state index in [0.717, 1.165) is 33.2 Å². The van der Waals surface area contributed by atoms with E-state index in [2.05, 4.69) is 6.07 Å². The SMILES string of the molecule is CC(O)(c1cc[n+](O)cc1)c1cc2cc(CC(=O)N3CCc4cccc(Cl)c4C3c3ccccc3)ccc2o1. The summed E-state index contributed by atoms with van der Waals surface area (Å²) in [5.41, 5.74) is 3.87. The number of nitrogens with zero attached hydrogens (tertiary/aromatic N) is 2. The largest absolute Gasteiger partial charge is 0.458 e. The van der Waals surface area contributed by atoms with E-state index in [9.17, 15) is 15.1 Å². The van der Waals surface area contributed by atoms with E-state index < -0.39 is 5.60 Å². The second-order valence-corrected chi connectivity index (χ2v) is 10.6. The lowest BCUT2D eigenvalue weighted by Gasteiger charge is -2.38. The van der Waals surface area contributed by atoms with Crippen LogP contribution in [0.2, 0.25) is 5.02 Å². The van der Waals surface area contributed by atoms with Crippen molar-refractivity contribution in [3.8, 4) is 0 Å². The van der Waals surface area contributed by atoms with Crippen molar-refractivity contribution in [1.82, 2.24) is 4.90 Å². The monoisotopic (exact) mass is 539 g/mol. The van der Waals surface area contributed by atoms with Gasteiger partial charge in [-0.05, 0) is 54.3 Å². The maximum absolute atomic E-state index is 13.8. The van der Waals surface area contributed by atoms with E-state index in [-0.39, 0.29) is 18.4 Å². The number of furan rings is 1. The predicted molar refractivity (Wildman–Crippen MR) is 148 cm³/mol. The number of rotatable bonds is 5.